The van der Waals surface area contributed by atoms with E-state index in [1.807, 2.05) is 6.92 Å². The zero-order chi connectivity index (χ0) is 28.9. The van der Waals surface area contributed by atoms with E-state index in [4.69, 9.17) is 4.74 Å². The van der Waals surface area contributed by atoms with Gasteiger partial charge in [0.25, 0.3) is 15.9 Å². The van der Waals surface area contributed by atoms with Crippen LogP contribution in [0.2, 0.25) is 0 Å². The average Bonchev–Trinajstić information content (AvgIpc) is 2.95. The van der Waals surface area contributed by atoms with E-state index in [9.17, 15) is 23.1 Å². The summed E-state index contributed by atoms with van der Waals surface area (Å²) in [5.74, 6) is -0.513. The Morgan fingerprint density at radius 2 is 1.82 bits per heavy atom. The van der Waals surface area contributed by atoms with Crippen LogP contribution in [0.3, 0.4) is 0 Å². The zero-order valence-electron chi connectivity index (χ0n) is 23.4. The lowest BCUT2D eigenvalue weighted by atomic mass is 9.96. The first-order valence-electron chi connectivity index (χ1n) is 13.9. The molecule has 0 saturated heterocycles. The molecule has 4 rings (SSSR count). The minimum absolute atomic E-state index is 0.0735. The Morgan fingerprint density at radius 3 is 2.50 bits per heavy atom. The average molecular weight is 573 g/mol. The molecule has 1 saturated carbocycles. The summed E-state index contributed by atoms with van der Waals surface area (Å²) in [6.07, 6.45) is 4.75. The number of ether oxygens (including phenoxy) is 1. The van der Waals surface area contributed by atoms with Gasteiger partial charge in [-0.3, -0.25) is 9.52 Å². The van der Waals surface area contributed by atoms with Crippen LogP contribution in [-0.4, -0.2) is 80.2 Å². The zero-order valence-corrected chi connectivity index (χ0v) is 24.2. The van der Waals surface area contributed by atoms with Crippen molar-refractivity contribution in [2.75, 3.05) is 31.5 Å². The third kappa shape index (κ3) is 6.87. The van der Waals surface area contributed by atoms with Crippen molar-refractivity contribution in [1.29, 1.82) is 0 Å². The Hall–Kier alpha value is -3.31. The molecule has 3 amide bonds. The smallest absolute Gasteiger partial charge is 0.317 e. The maximum absolute atomic E-state index is 13.7. The van der Waals surface area contributed by atoms with E-state index in [1.165, 1.54) is 18.6 Å². The number of aliphatic hydroxyl groups is 1. The number of likely N-dealkylation sites (N-methyl/N-ethyl adjacent to an activating group) is 1. The molecule has 218 valence electrons. The van der Waals surface area contributed by atoms with Crippen LogP contribution in [0.1, 0.15) is 56.3 Å². The molecule has 40 heavy (non-hydrogen) atoms. The Labute approximate surface area is 236 Å². The number of urea groups is 1. The SMILES string of the molecule is C[C@@H]1CN([C@H](C)CO)C(=O)c2cccc(NS(=O)(=O)c3ccccc3)c2O[C@H]1CN(C)C(=O)NC1CCCCC1. The van der Waals surface area contributed by atoms with Crippen molar-refractivity contribution in [3.63, 3.8) is 0 Å². The maximum atomic E-state index is 13.7. The lowest BCUT2D eigenvalue weighted by Gasteiger charge is -2.38. The van der Waals surface area contributed by atoms with Gasteiger partial charge in [-0.2, -0.15) is 0 Å². The Morgan fingerprint density at radius 1 is 1.12 bits per heavy atom. The first kappa shape index (κ1) is 29.7. The van der Waals surface area contributed by atoms with Gasteiger partial charge in [-0.1, -0.05) is 50.5 Å². The molecule has 0 spiro atoms. The van der Waals surface area contributed by atoms with Gasteiger partial charge in [0.1, 0.15) is 6.10 Å². The highest BCUT2D eigenvalue weighted by atomic mass is 32.2. The quantitative estimate of drug-likeness (QED) is 0.443. The highest BCUT2D eigenvalue weighted by Gasteiger charge is 2.35. The summed E-state index contributed by atoms with van der Waals surface area (Å²) in [4.78, 5) is 29.9. The topological polar surface area (TPSA) is 128 Å². The second kappa shape index (κ2) is 12.9. The van der Waals surface area contributed by atoms with Crippen LogP contribution in [0.5, 0.6) is 5.75 Å². The van der Waals surface area contributed by atoms with Crippen LogP contribution < -0.4 is 14.8 Å². The second-order valence-corrected chi connectivity index (χ2v) is 12.6. The number of carbonyl (C=O) groups is 2. The van der Waals surface area contributed by atoms with E-state index in [-0.39, 0.29) is 58.9 Å². The number of hydrogen-bond donors (Lipinski definition) is 3. The van der Waals surface area contributed by atoms with Crippen molar-refractivity contribution in [3.05, 3.63) is 54.1 Å². The first-order chi connectivity index (χ1) is 19.1. The molecule has 1 aliphatic carbocycles. The van der Waals surface area contributed by atoms with Gasteiger partial charge in [-0.15, -0.1) is 0 Å². The number of rotatable bonds is 8. The Bertz CT molecular complexity index is 1280. The largest absolute Gasteiger partial charge is 0.485 e. The van der Waals surface area contributed by atoms with E-state index in [1.54, 1.807) is 60.2 Å². The summed E-state index contributed by atoms with van der Waals surface area (Å²) in [5.41, 5.74) is 0.305. The molecule has 0 radical (unpaired) electrons. The predicted octanol–water partition coefficient (Wildman–Crippen LogP) is 3.68. The summed E-state index contributed by atoms with van der Waals surface area (Å²) in [5, 5.41) is 13.0. The number of aliphatic hydroxyl groups excluding tert-OH is 1. The fourth-order valence-corrected chi connectivity index (χ4v) is 6.31. The third-order valence-electron chi connectivity index (χ3n) is 7.72. The van der Waals surface area contributed by atoms with Crippen LogP contribution in [0.15, 0.2) is 53.4 Å². The van der Waals surface area contributed by atoms with Gasteiger partial charge in [0.2, 0.25) is 0 Å². The molecular formula is C29H40N4O6S. The molecule has 3 atom stereocenters. The monoisotopic (exact) mass is 572 g/mol. The van der Waals surface area contributed by atoms with Crippen molar-refractivity contribution >= 4 is 27.6 Å². The summed E-state index contributed by atoms with van der Waals surface area (Å²) >= 11 is 0. The summed E-state index contributed by atoms with van der Waals surface area (Å²) in [6, 6.07) is 12.2. The Balaban J connectivity index is 1.66. The molecule has 2 aromatic rings. The molecule has 0 unspecified atom stereocenters. The lowest BCUT2D eigenvalue weighted by Crippen LogP contribution is -2.52. The van der Waals surface area contributed by atoms with Gasteiger partial charge in [0.15, 0.2) is 5.75 Å². The van der Waals surface area contributed by atoms with Gasteiger partial charge in [-0.05, 0) is 44.0 Å². The number of benzene rings is 2. The molecule has 3 N–H and O–H groups in total. The summed E-state index contributed by atoms with van der Waals surface area (Å²) in [7, 11) is -2.27. The molecule has 2 aromatic carbocycles. The van der Waals surface area contributed by atoms with Crippen LogP contribution >= 0.6 is 0 Å². The molecule has 1 aliphatic heterocycles. The number of sulfonamides is 1. The van der Waals surface area contributed by atoms with Crippen molar-refractivity contribution in [2.45, 2.75) is 69.0 Å². The fraction of sp³-hybridized carbons (Fsp3) is 0.517. The third-order valence-corrected chi connectivity index (χ3v) is 9.10. The highest BCUT2D eigenvalue weighted by molar-refractivity contribution is 7.92. The Kier molecular flexibility index (Phi) is 9.57. The van der Waals surface area contributed by atoms with E-state index in [0.717, 1.165) is 25.7 Å². The molecule has 1 heterocycles. The number of anilines is 1. The molecule has 0 bridgehead atoms. The number of nitrogens with zero attached hydrogens (tertiary/aromatic N) is 2. The number of nitrogens with one attached hydrogen (secondary N) is 2. The van der Waals surface area contributed by atoms with E-state index < -0.39 is 22.2 Å². The summed E-state index contributed by atoms with van der Waals surface area (Å²) in [6.45, 7) is 3.96. The van der Waals surface area contributed by atoms with Crippen molar-refractivity contribution in [3.8, 4) is 5.75 Å². The van der Waals surface area contributed by atoms with Crippen LogP contribution in [0.4, 0.5) is 10.5 Å². The number of carbonyl (C=O) groups excluding carboxylic acids is 2. The number of hydrogen-bond acceptors (Lipinski definition) is 6. The minimum Gasteiger partial charge on any atom is -0.485 e. The van der Waals surface area contributed by atoms with Crippen molar-refractivity contribution in [1.82, 2.24) is 15.1 Å². The number of para-hydroxylation sites is 1. The van der Waals surface area contributed by atoms with Gasteiger partial charge in [0.05, 0.1) is 35.3 Å². The van der Waals surface area contributed by atoms with E-state index in [0.29, 0.717) is 6.54 Å². The fourth-order valence-electron chi connectivity index (χ4n) is 5.23. The van der Waals surface area contributed by atoms with E-state index >= 15 is 0 Å². The standard InChI is InChI=1S/C29H40N4O6S/c1-20-17-33(21(2)19-34)28(35)24-15-10-16-25(31-40(37,38)23-13-8-5-9-14-23)27(24)39-26(20)18-32(3)29(36)30-22-11-6-4-7-12-22/h5,8-10,13-16,20-22,26,31,34H,4,6-7,11-12,17-19H2,1-3H3,(H,30,36)/t20-,21-,26+/m1/s1. The molecule has 1 fully saturated rings. The first-order valence-corrected chi connectivity index (χ1v) is 15.4. The molecule has 10 nitrogen and oxygen atoms in total. The van der Waals surface area contributed by atoms with Crippen molar-refractivity contribution in [2.24, 2.45) is 5.92 Å². The number of fused-ring (bicyclic) bond motifs is 1. The second-order valence-electron chi connectivity index (χ2n) is 10.9. The number of amides is 3. The minimum atomic E-state index is -3.97. The molecule has 2 aliphatic rings. The maximum Gasteiger partial charge on any atom is 0.317 e. The van der Waals surface area contributed by atoms with Crippen LogP contribution in [0, 0.1) is 5.92 Å². The van der Waals surface area contributed by atoms with Crippen LogP contribution in [0.25, 0.3) is 0 Å². The van der Waals surface area contributed by atoms with Crippen LogP contribution in [-0.2, 0) is 10.0 Å². The predicted molar refractivity (Wildman–Crippen MR) is 153 cm³/mol. The van der Waals surface area contributed by atoms with Crippen molar-refractivity contribution < 1.29 is 27.9 Å². The normalized spacial score (nSPS) is 20.9. The van der Waals surface area contributed by atoms with E-state index in [2.05, 4.69) is 10.0 Å². The van der Waals surface area contributed by atoms with Gasteiger partial charge >= 0.3 is 6.03 Å². The molecular weight excluding hydrogens is 532 g/mol. The summed E-state index contributed by atoms with van der Waals surface area (Å²) < 4.78 is 35.4. The lowest BCUT2D eigenvalue weighted by molar-refractivity contribution is 0.0368. The highest BCUT2D eigenvalue weighted by Crippen LogP contribution is 2.36. The molecule has 0 aromatic heterocycles. The van der Waals surface area contributed by atoms with Gasteiger partial charge in [0, 0.05) is 25.6 Å². The van der Waals surface area contributed by atoms with Gasteiger partial charge in [-0.25, -0.2) is 13.2 Å². The molecule has 11 heteroatoms. The van der Waals surface area contributed by atoms with Gasteiger partial charge < -0.3 is 25.0 Å².